The molecule has 4 rings (SSSR count). The van der Waals surface area contributed by atoms with Crippen molar-refractivity contribution in [1.82, 2.24) is 15.2 Å². The molecule has 0 bridgehead atoms. The first-order valence-electron chi connectivity index (χ1n) is 10.7. The lowest BCUT2D eigenvalue weighted by molar-refractivity contribution is 0.0340. The molecule has 7 heteroatoms. The molecule has 7 nitrogen and oxygen atoms in total. The molecule has 1 N–H and O–H groups in total. The van der Waals surface area contributed by atoms with E-state index in [0.29, 0.717) is 18.0 Å². The van der Waals surface area contributed by atoms with Crippen LogP contribution in [0.25, 0.3) is 10.8 Å². The molecule has 3 heterocycles. The van der Waals surface area contributed by atoms with Gasteiger partial charge in [0.15, 0.2) is 5.82 Å². The highest BCUT2D eigenvalue weighted by Crippen LogP contribution is 2.31. The van der Waals surface area contributed by atoms with E-state index in [9.17, 15) is 5.26 Å². The number of nitrogens with zero attached hydrogens (tertiary/aromatic N) is 5. The van der Waals surface area contributed by atoms with E-state index in [1.165, 1.54) is 0 Å². The third-order valence-electron chi connectivity index (χ3n) is 6.05. The molecule has 0 saturated carbocycles. The van der Waals surface area contributed by atoms with Gasteiger partial charge in [-0.2, -0.15) is 10.4 Å². The van der Waals surface area contributed by atoms with Gasteiger partial charge >= 0.3 is 0 Å². The van der Waals surface area contributed by atoms with Crippen molar-refractivity contribution in [2.24, 2.45) is 0 Å². The first kappa shape index (κ1) is 21.0. The predicted octanol–water partition coefficient (Wildman–Crippen LogP) is 4.30. The number of hydrogen-bond acceptors (Lipinski definition) is 7. The minimum Gasteiger partial charge on any atom is -0.375 e. The quantitative estimate of drug-likeness (QED) is 0.678. The summed E-state index contributed by atoms with van der Waals surface area (Å²) in [6.45, 7) is 11.7. The minimum atomic E-state index is -0.0348. The molecular formula is C24H28N6O. The van der Waals surface area contributed by atoms with Crippen LogP contribution in [0.4, 0.5) is 11.6 Å². The average Bonchev–Trinajstić information content (AvgIpc) is 2.77. The van der Waals surface area contributed by atoms with E-state index in [2.05, 4.69) is 53.3 Å². The van der Waals surface area contributed by atoms with Crippen LogP contribution in [0, 0.1) is 25.2 Å². The van der Waals surface area contributed by atoms with E-state index < -0.39 is 0 Å². The zero-order valence-electron chi connectivity index (χ0n) is 18.7. The fourth-order valence-corrected chi connectivity index (χ4v) is 4.17. The lowest BCUT2D eigenvalue weighted by Crippen LogP contribution is -2.47. The van der Waals surface area contributed by atoms with Gasteiger partial charge in [-0.15, -0.1) is 5.10 Å². The molecular weight excluding hydrogens is 388 g/mol. The first-order valence-corrected chi connectivity index (χ1v) is 10.7. The maximum atomic E-state index is 9.37. The van der Waals surface area contributed by atoms with Crippen LogP contribution in [0.3, 0.4) is 0 Å². The van der Waals surface area contributed by atoms with Gasteiger partial charge in [0, 0.05) is 23.5 Å². The van der Waals surface area contributed by atoms with Gasteiger partial charge in [-0.25, -0.2) is 4.98 Å². The van der Waals surface area contributed by atoms with E-state index in [1.807, 2.05) is 38.2 Å². The molecule has 3 atom stereocenters. The molecule has 1 aromatic carbocycles. The van der Waals surface area contributed by atoms with Crippen molar-refractivity contribution in [2.45, 2.75) is 52.8 Å². The van der Waals surface area contributed by atoms with Crippen LogP contribution in [0.15, 0.2) is 30.5 Å². The van der Waals surface area contributed by atoms with E-state index >= 15 is 0 Å². The standard InChI is InChI=1S/C24H28N6O/c1-14-13-31-15(2)12-30(14)23-9-21-22(11-26-23)18(5)28-29-24(21)27-17(4)20-8-6-7-19(10-25)16(20)3/h6-9,11,14-15,17H,12-13H2,1-5H3,(H,27,29)/t14-,15-,17-/m1/s1. The van der Waals surface area contributed by atoms with Crippen molar-refractivity contribution in [3.8, 4) is 6.07 Å². The molecule has 1 saturated heterocycles. The Bertz CT molecular complexity index is 1150. The molecule has 1 aliphatic rings. The van der Waals surface area contributed by atoms with Gasteiger partial charge in [0.2, 0.25) is 0 Å². The monoisotopic (exact) mass is 416 g/mol. The fourth-order valence-electron chi connectivity index (χ4n) is 4.17. The van der Waals surface area contributed by atoms with Gasteiger partial charge < -0.3 is 15.0 Å². The molecule has 1 fully saturated rings. The molecule has 0 radical (unpaired) electrons. The highest BCUT2D eigenvalue weighted by Gasteiger charge is 2.25. The highest BCUT2D eigenvalue weighted by molar-refractivity contribution is 5.94. The van der Waals surface area contributed by atoms with Crippen LogP contribution in [0.1, 0.15) is 49.2 Å². The lowest BCUT2D eigenvalue weighted by Gasteiger charge is -2.37. The van der Waals surface area contributed by atoms with Crippen molar-refractivity contribution >= 4 is 22.4 Å². The summed E-state index contributed by atoms with van der Waals surface area (Å²) in [6, 6.07) is 10.4. The second kappa shape index (κ2) is 8.48. The number of morpholine rings is 1. The summed E-state index contributed by atoms with van der Waals surface area (Å²) in [4.78, 5) is 7.02. The molecule has 160 valence electrons. The Hall–Kier alpha value is -3.24. The number of anilines is 2. The average molecular weight is 417 g/mol. The number of fused-ring (bicyclic) bond motifs is 1. The first-order chi connectivity index (χ1) is 14.9. The van der Waals surface area contributed by atoms with Crippen LogP contribution < -0.4 is 10.2 Å². The molecule has 0 spiro atoms. The Kier molecular flexibility index (Phi) is 5.75. The van der Waals surface area contributed by atoms with Gasteiger partial charge in [0.1, 0.15) is 5.82 Å². The van der Waals surface area contributed by atoms with E-state index in [1.54, 1.807) is 0 Å². The lowest BCUT2D eigenvalue weighted by atomic mass is 9.98. The van der Waals surface area contributed by atoms with Gasteiger partial charge in [-0.3, -0.25) is 0 Å². The number of hydrogen-bond donors (Lipinski definition) is 1. The molecule has 2 aromatic heterocycles. The second-order valence-corrected chi connectivity index (χ2v) is 8.37. The molecule has 0 amide bonds. The third kappa shape index (κ3) is 4.04. The van der Waals surface area contributed by atoms with E-state index in [0.717, 1.165) is 40.0 Å². The summed E-state index contributed by atoms with van der Waals surface area (Å²) in [5, 5.41) is 23.7. The maximum absolute atomic E-state index is 9.37. The van der Waals surface area contributed by atoms with Crippen molar-refractivity contribution in [2.75, 3.05) is 23.4 Å². The number of pyridine rings is 1. The van der Waals surface area contributed by atoms with Gasteiger partial charge in [0.25, 0.3) is 0 Å². The normalized spacial score (nSPS) is 19.8. The Balaban J connectivity index is 1.73. The Morgan fingerprint density at radius 3 is 2.81 bits per heavy atom. The Morgan fingerprint density at radius 1 is 1.23 bits per heavy atom. The highest BCUT2D eigenvalue weighted by atomic mass is 16.5. The minimum absolute atomic E-state index is 0.0348. The molecule has 0 unspecified atom stereocenters. The summed E-state index contributed by atoms with van der Waals surface area (Å²) < 4.78 is 5.78. The van der Waals surface area contributed by atoms with Crippen LogP contribution in [-0.2, 0) is 4.74 Å². The van der Waals surface area contributed by atoms with Crippen molar-refractivity contribution in [3.05, 3.63) is 52.8 Å². The van der Waals surface area contributed by atoms with Gasteiger partial charge in [-0.05, 0) is 57.9 Å². The largest absolute Gasteiger partial charge is 0.375 e. The molecule has 31 heavy (non-hydrogen) atoms. The zero-order chi connectivity index (χ0) is 22.1. The summed E-state index contributed by atoms with van der Waals surface area (Å²) in [5.74, 6) is 1.63. The number of aryl methyl sites for hydroxylation is 1. The zero-order valence-corrected chi connectivity index (χ0v) is 18.7. The van der Waals surface area contributed by atoms with E-state index in [4.69, 9.17) is 9.72 Å². The molecule has 3 aromatic rings. The number of nitriles is 1. The Morgan fingerprint density at radius 2 is 2.03 bits per heavy atom. The van der Waals surface area contributed by atoms with Gasteiger partial charge in [0.05, 0.1) is 42.1 Å². The Labute approximate surface area is 183 Å². The van der Waals surface area contributed by atoms with Crippen molar-refractivity contribution < 1.29 is 4.74 Å². The summed E-state index contributed by atoms with van der Waals surface area (Å²) in [5.41, 5.74) is 3.58. The predicted molar refractivity (Wildman–Crippen MR) is 122 cm³/mol. The topological polar surface area (TPSA) is 87.0 Å². The van der Waals surface area contributed by atoms with Crippen molar-refractivity contribution in [3.63, 3.8) is 0 Å². The molecule has 1 aliphatic heterocycles. The number of aromatic nitrogens is 3. The molecule has 0 aliphatic carbocycles. The summed E-state index contributed by atoms with van der Waals surface area (Å²) in [7, 11) is 0. The smallest absolute Gasteiger partial charge is 0.157 e. The van der Waals surface area contributed by atoms with Gasteiger partial charge in [-0.1, -0.05) is 12.1 Å². The second-order valence-electron chi connectivity index (χ2n) is 8.37. The maximum Gasteiger partial charge on any atom is 0.157 e. The number of benzene rings is 1. The van der Waals surface area contributed by atoms with Crippen LogP contribution in [0.2, 0.25) is 0 Å². The number of rotatable bonds is 4. The third-order valence-corrected chi connectivity index (χ3v) is 6.05. The van der Waals surface area contributed by atoms with Crippen LogP contribution in [-0.4, -0.2) is 40.5 Å². The fraction of sp³-hybridized carbons (Fsp3) is 0.417. The summed E-state index contributed by atoms with van der Waals surface area (Å²) >= 11 is 0. The SMILES string of the molecule is Cc1c(C#N)cccc1[C@@H](C)Nc1nnc(C)c2cnc(N3C[C@@H](C)OC[C@H]3C)cc12. The van der Waals surface area contributed by atoms with Crippen LogP contribution >= 0.6 is 0 Å². The summed E-state index contributed by atoms with van der Waals surface area (Å²) in [6.07, 6.45) is 2.05. The van der Waals surface area contributed by atoms with E-state index in [-0.39, 0.29) is 18.2 Å². The van der Waals surface area contributed by atoms with Crippen LogP contribution in [0.5, 0.6) is 0 Å². The number of nitrogens with one attached hydrogen (secondary N) is 1. The van der Waals surface area contributed by atoms with Crippen molar-refractivity contribution in [1.29, 1.82) is 5.26 Å². The number of ether oxygens (including phenoxy) is 1.